The highest BCUT2D eigenvalue weighted by molar-refractivity contribution is 5.52. The summed E-state index contributed by atoms with van der Waals surface area (Å²) in [5, 5.41) is 0. The van der Waals surface area contributed by atoms with Crippen LogP contribution >= 0.6 is 0 Å². The van der Waals surface area contributed by atoms with Gasteiger partial charge in [0.1, 0.15) is 11.5 Å². The summed E-state index contributed by atoms with van der Waals surface area (Å²) in [4.78, 5) is 0. The molecule has 0 heterocycles. The van der Waals surface area contributed by atoms with Gasteiger partial charge >= 0.3 is 0 Å². The number of ether oxygens (including phenoxy) is 2. The Balaban J connectivity index is 1.94. The van der Waals surface area contributed by atoms with Gasteiger partial charge in [-0.2, -0.15) is 0 Å². The Bertz CT molecular complexity index is 435. The molecule has 1 aromatic carbocycles. The molecular weight excluding hydrogens is 236 g/mol. The first-order valence-corrected chi connectivity index (χ1v) is 7.40. The predicted molar refractivity (Wildman–Crippen MR) is 77.0 cm³/mol. The van der Waals surface area contributed by atoms with Gasteiger partial charge in [0.15, 0.2) is 0 Å². The van der Waals surface area contributed by atoms with Gasteiger partial charge in [-0.05, 0) is 49.1 Å². The first kappa shape index (κ1) is 12.8. The summed E-state index contributed by atoms with van der Waals surface area (Å²) in [5.74, 6) is 3.00. The van der Waals surface area contributed by atoms with E-state index in [0.717, 1.165) is 17.4 Å². The minimum Gasteiger partial charge on any atom is -0.496 e. The maximum absolute atomic E-state index is 5.56. The van der Waals surface area contributed by atoms with E-state index in [1.54, 1.807) is 14.2 Å². The number of hydrogen-bond donors (Lipinski definition) is 0. The largest absolute Gasteiger partial charge is 0.496 e. The molecule has 0 bridgehead atoms. The standard InChI is InChI=1S/C17H24O2/c1-12-6-8-17(9-7-12)10-13-14(11-17)16(19-3)5-4-15(13)18-2/h4-5,12H,6-11H2,1-3H3. The molecule has 3 rings (SSSR count). The van der Waals surface area contributed by atoms with E-state index in [1.165, 1.54) is 49.7 Å². The maximum Gasteiger partial charge on any atom is 0.122 e. The SMILES string of the molecule is COc1ccc(OC)c2c1CC1(CCC(C)CC1)C2. The lowest BCUT2D eigenvalue weighted by atomic mass is 9.69. The van der Waals surface area contributed by atoms with Crippen LogP contribution in [0.1, 0.15) is 43.7 Å². The van der Waals surface area contributed by atoms with Crippen molar-refractivity contribution in [3.63, 3.8) is 0 Å². The smallest absolute Gasteiger partial charge is 0.122 e. The Morgan fingerprint density at radius 2 is 1.42 bits per heavy atom. The first-order valence-electron chi connectivity index (χ1n) is 7.40. The van der Waals surface area contributed by atoms with Gasteiger partial charge < -0.3 is 9.47 Å². The van der Waals surface area contributed by atoms with Crippen molar-refractivity contribution in [2.24, 2.45) is 11.3 Å². The molecule has 1 aromatic rings. The molecule has 1 saturated carbocycles. The van der Waals surface area contributed by atoms with E-state index in [2.05, 4.69) is 19.1 Å². The molecule has 2 nitrogen and oxygen atoms in total. The summed E-state index contributed by atoms with van der Waals surface area (Å²) < 4.78 is 11.1. The first-order chi connectivity index (χ1) is 9.17. The summed E-state index contributed by atoms with van der Waals surface area (Å²) in [6, 6.07) is 4.12. The minimum absolute atomic E-state index is 0.483. The van der Waals surface area contributed by atoms with E-state index in [4.69, 9.17) is 9.47 Å². The third-order valence-corrected chi connectivity index (χ3v) is 5.22. The van der Waals surface area contributed by atoms with Crippen LogP contribution in [0.25, 0.3) is 0 Å². The Hall–Kier alpha value is -1.18. The molecule has 0 radical (unpaired) electrons. The van der Waals surface area contributed by atoms with Crippen LogP contribution in [0.2, 0.25) is 0 Å². The summed E-state index contributed by atoms with van der Waals surface area (Å²) in [7, 11) is 3.55. The lowest BCUT2D eigenvalue weighted by molar-refractivity contribution is 0.166. The zero-order valence-corrected chi connectivity index (χ0v) is 12.3. The zero-order valence-electron chi connectivity index (χ0n) is 12.3. The highest BCUT2D eigenvalue weighted by Crippen LogP contribution is 2.52. The average Bonchev–Trinajstić information content (AvgIpc) is 2.80. The van der Waals surface area contributed by atoms with Crippen molar-refractivity contribution >= 4 is 0 Å². The number of benzene rings is 1. The van der Waals surface area contributed by atoms with Crippen LogP contribution < -0.4 is 9.47 Å². The number of fused-ring (bicyclic) bond motifs is 1. The fraction of sp³-hybridized carbons (Fsp3) is 0.647. The highest BCUT2D eigenvalue weighted by atomic mass is 16.5. The van der Waals surface area contributed by atoms with E-state index in [0.29, 0.717) is 5.41 Å². The second-order valence-corrected chi connectivity index (χ2v) is 6.46. The van der Waals surface area contributed by atoms with Crippen molar-refractivity contribution in [3.05, 3.63) is 23.3 Å². The molecule has 1 fully saturated rings. The summed E-state index contributed by atoms with van der Waals surface area (Å²) in [6.07, 6.45) is 7.81. The summed E-state index contributed by atoms with van der Waals surface area (Å²) >= 11 is 0. The van der Waals surface area contributed by atoms with Crippen LogP contribution in [0, 0.1) is 11.3 Å². The summed E-state index contributed by atoms with van der Waals surface area (Å²) in [5.41, 5.74) is 3.28. The van der Waals surface area contributed by atoms with Crippen molar-refractivity contribution in [2.75, 3.05) is 14.2 Å². The van der Waals surface area contributed by atoms with Crippen molar-refractivity contribution < 1.29 is 9.47 Å². The molecule has 0 aromatic heterocycles. The van der Waals surface area contributed by atoms with Crippen LogP contribution in [-0.4, -0.2) is 14.2 Å². The second-order valence-electron chi connectivity index (χ2n) is 6.46. The van der Waals surface area contributed by atoms with Gasteiger partial charge in [0.05, 0.1) is 14.2 Å². The zero-order chi connectivity index (χ0) is 13.5. The van der Waals surface area contributed by atoms with Crippen molar-refractivity contribution in [1.82, 2.24) is 0 Å². The minimum atomic E-state index is 0.483. The van der Waals surface area contributed by atoms with E-state index >= 15 is 0 Å². The van der Waals surface area contributed by atoms with Crippen LogP contribution in [0.15, 0.2) is 12.1 Å². The second kappa shape index (κ2) is 4.73. The van der Waals surface area contributed by atoms with E-state index < -0.39 is 0 Å². The van der Waals surface area contributed by atoms with Crippen LogP contribution in [0.5, 0.6) is 11.5 Å². The number of rotatable bonds is 2. The maximum atomic E-state index is 5.56. The van der Waals surface area contributed by atoms with Gasteiger partial charge in [-0.25, -0.2) is 0 Å². The average molecular weight is 260 g/mol. The van der Waals surface area contributed by atoms with E-state index in [-0.39, 0.29) is 0 Å². The lowest BCUT2D eigenvalue weighted by Crippen LogP contribution is -2.27. The molecule has 2 aliphatic carbocycles. The fourth-order valence-electron chi connectivity index (χ4n) is 3.96. The van der Waals surface area contributed by atoms with Gasteiger partial charge in [-0.15, -0.1) is 0 Å². The third-order valence-electron chi connectivity index (χ3n) is 5.22. The van der Waals surface area contributed by atoms with Gasteiger partial charge in [-0.3, -0.25) is 0 Å². The third kappa shape index (κ3) is 2.11. The molecule has 0 aliphatic heterocycles. The van der Waals surface area contributed by atoms with Gasteiger partial charge in [0, 0.05) is 11.1 Å². The molecule has 0 N–H and O–H groups in total. The molecule has 0 atom stereocenters. The fourth-order valence-corrected chi connectivity index (χ4v) is 3.96. The number of hydrogen-bond acceptors (Lipinski definition) is 2. The van der Waals surface area contributed by atoms with Crippen LogP contribution in [-0.2, 0) is 12.8 Å². The van der Waals surface area contributed by atoms with E-state index in [1.807, 2.05) is 0 Å². The summed E-state index contributed by atoms with van der Waals surface area (Å²) in [6.45, 7) is 2.39. The van der Waals surface area contributed by atoms with Crippen LogP contribution in [0.4, 0.5) is 0 Å². The molecule has 0 unspecified atom stereocenters. The molecule has 2 aliphatic rings. The van der Waals surface area contributed by atoms with Gasteiger partial charge in [-0.1, -0.05) is 19.8 Å². The Labute approximate surface area is 116 Å². The lowest BCUT2D eigenvalue weighted by Gasteiger charge is -2.36. The Kier molecular flexibility index (Phi) is 3.20. The predicted octanol–water partition coefficient (Wildman–Crippen LogP) is 4.00. The highest BCUT2D eigenvalue weighted by Gasteiger charge is 2.42. The quantitative estimate of drug-likeness (QED) is 0.800. The Morgan fingerprint density at radius 1 is 0.947 bits per heavy atom. The topological polar surface area (TPSA) is 18.5 Å². The monoisotopic (exact) mass is 260 g/mol. The molecule has 0 amide bonds. The molecule has 1 spiro atoms. The van der Waals surface area contributed by atoms with Crippen molar-refractivity contribution in [3.8, 4) is 11.5 Å². The van der Waals surface area contributed by atoms with Crippen molar-refractivity contribution in [1.29, 1.82) is 0 Å². The Morgan fingerprint density at radius 3 is 1.84 bits per heavy atom. The molecule has 104 valence electrons. The van der Waals surface area contributed by atoms with Gasteiger partial charge in [0.2, 0.25) is 0 Å². The molecule has 19 heavy (non-hydrogen) atoms. The van der Waals surface area contributed by atoms with Crippen molar-refractivity contribution in [2.45, 2.75) is 45.4 Å². The number of methoxy groups -OCH3 is 2. The normalized spacial score (nSPS) is 21.4. The van der Waals surface area contributed by atoms with E-state index in [9.17, 15) is 0 Å². The molecular formula is C17H24O2. The van der Waals surface area contributed by atoms with Crippen LogP contribution in [0.3, 0.4) is 0 Å². The van der Waals surface area contributed by atoms with Gasteiger partial charge in [0.25, 0.3) is 0 Å². The molecule has 0 saturated heterocycles. The molecule has 2 heteroatoms.